The molecule has 0 amide bonds. The van der Waals surface area contributed by atoms with Crippen molar-refractivity contribution in [3.63, 3.8) is 0 Å². The summed E-state index contributed by atoms with van der Waals surface area (Å²) < 4.78 is 0. The molecule has 1 atom stereocenters. The molecule has 0 bridgehead atoms. The van der Waals surface area contributed by atoms with Crippen LogP contribution in [0.1, 0.15) is 11.1 Å². The third-order valence-corrected chi connectivity index (χ3v) is 4.19. The Hall–Kier alpha value is -1.35. The lowest BCUT2D eigenvalue weighted by molar-refractivity contribution is 0.192. The lowest BCUT2D eigenvalue weighted by atomic mass is 10.0. The van der Waals surface area contributed by atoms with Gasteiger partial charge in [-0.1, -0.05) is 54.1 Å². The summed E-state index contributed by atoms with van der Waals surface area (Å²) in [6.45, 7) is 4.21. The van der Waals surface area contributed by atoms with E-state index in [0.29, 0.717) is 6.04 Å². The van der Waals surface area contributed by atoms with Crippen LogP contribution in [0.5, 0.6) is 0 Å². The molecule has 2 nitrogen and oxygen atoms in total. The van der Waals surface area contributed by atoms with Gasteiger partial charge in [-0.05, 0) is 29.7 Å². The van der Waals surface area contributed by atoms with Crippen molar-refractivity contribution in [2.24, 2.45) is 0 Å². The van der Waals surface area contributed by atoms with Crippen LogP contribution in [0.2, 0.25) is 5.02 Å². The molecule has 1 unspecified atom stereocenters. The quantitative estimate of drug-likeness (QED) is 0.931. The number of nitrogens with one attached hydrogen (secondary N) is 1. The van der Waals surface area contributed by atoms with Crippen molar-refractivity contribution in [1.82, 2.24) is 10.2 Å². The number of hydrogen-bond donors (Lipinski definition) is 1. The zero-order valence-corrected chi connectivity index (χ0v) is 12.9. The molecule has 0 saturated carbocycles. The van der Waals surface area contributed by atoms with Gasteiger partial charge in [0.1, 0.15) is 0 Å². The minimum absolute atomic E-state index is 0.528. The van der Waals surface area contributed by atoms with Crippen molar-refractivity contribution in [3.05, 3.63) is 70.7 Å². The first-order valence-corrected chi connectivity index (χ1v) is 7.91. The zero-order valence-electron chi connectivity index (χ0n) is 12.1. The largest absolute Gasteiger partial charge is 0.311 e. The molecule has 3 rings (SSSR count). The van der Waals surface area contributed by atoms with Gasteiger partial charge in [-0.15, -0.1) is 0 Å². The van der Waals surface area contributed by atoms with Crippen LogP contribution in [0.3, 0.4) is 0 Å². The van der Waals surface area contributed by atoms with Crippen molar-refractivity contribution in [2.45, 2.75) is 19.0 Å². The molecule has 0 radical (unpaired) electrons. The van der Waals surface area contributed by atoms with Crippen LogP contribution in [-0.2, 0) is 13.0 Å². The molecule has 1 aliphatic heterocycles. The van der Waals surface area contributed by atoms with Crippen molar-refractivity contribution in [2.75, 3.05) is 19.6 Å². The molecule has 1 heterocycles. The predicted molar refractivity (Wildman–Crippen MR) is 88.7 cm³/mol. The molecule has 0 aromatic heterocycles. The molecule has 0 aliphatic carbocycles. The third kappa shape index (κ3) is 4.31. The first-order valence-electron chi connectivity index (χ1n) is 7.54. The zero-order chi connectivity index (χ0) is 14.5. The molecule has 3 heteroatoms. The van der Waals surface area contributed by atoms with E-state index in [1.165, 1.54) is 11.1 Å². The average molecular weight is 301 g/mol. The van der Waals surface area contributed by atoms with Gasteiger partial charge in [0.15, 0.2) is 0 Å². The molecule has 110 valence electrons. The van der Waals surface area contributed by atoms with Crippen molar-refractivity contribution < 1.29 is 0 Å². The van der Waals surface area contributed by atoms with Gasteiger partial charge in [-0.2, -0.15) is 0 Å². The monoisotopic (exact) mass is 300 g/mol. The van der Waals surface area contributed by atoms with E-state index in [-0.39, 0.29) is 0 Å². The lowest BCUT2D eigenvalue weighted by Gasteiger charge is -2.34. The maximum Gasteiger partial charge on any atom is 0.0409 e. The Kier molecular flexibility index (Phi) is 4.91. The van der Waals surface area contributed by atoms with E-state index in [4.69, 9.17) is 11.6 Å². The summed E-state index contributed by atoms with van der Waals surface area (Å²) in [5.74, 6) is 0. The Morgan fingerprint density at radius 1 is 1.05 bits per heavy atom. The summed E-state index contributed by atoms with van der Waals surface area (Å²) in [6, 6.07) is 19.4. The first-order chi connectivity index (χ1) is 10.3. The van der Waals surface area contributed by atoms with Crippen molar-refractivity contribution in [1.29, 1.82) is 0 Å². The van der Waals surface area contributed by atoms with Gasteiger partial charge < -0.3 is 5.32 Å². The highest BCUT2D eigenvalue weighted by atomic mass is 35.5. The molecule has 2 aromatic rings. The van der Waals surface area contributed by atoms with E-state index in [1.807, 2.05) is 12.1 Å². The van der Waals surface area contributed by atoms with Gasteiger partial charge in [0, 0.05) is 37.2 Å². The number of nitrogens with zero attached hydrogens (tertiary/aromatic N) is 1. The number of hydrogen-bond acceptors (Lipinski definition) is 2. The molecule has 1 saturated heterocycles. The number of halogens is 1. The highest BCUT2D eigenvalue weighted by molar-refractivity contribution is 6.30. The molecule has 1 aliphatic rings. The minimum Gasteiger partial charge on any atom is -0.311 e. The lowest BCUT2D eigenvalue weighted by Crippen LogP contribution is -2.51. The van der Waals surface area contributed by atoms with Gasteiger partial charge in [-0.3, -0.25) is 4.90 Å². The van der Waals surface area contributed by atoms with Crippen molar-refractivity contribution >= 4 is 11.6 Å². The van der Waals surface area contributed by atoms with E-state index >= 15 is 0 Å². The Morgan fingerprint density at radius 3 is 2.67 bits per heavy atom. The average Bonchev–Trinajstić information content (AvgIpc) is 2.49. The van der Waals surface area contributed by atoms with Crippen LogP contribution in [-0.4, -0.2) is 30.6 Å². The predicted octanol–water partition coefficient (Wildman–Crippen LogP) is 3.36. The van der Waals surface area contributed by atoms with E-state index in [1.54, 1.807) is 0 Å². The molecule has 21 heavy (non-hydrogen) atoms. The molecule has 2 aromatic carbocycles. The van der Waals surface area contributed by atoms with Crippen LogP contribution in [0, 0.1) is 0 Å². The third-order valence-electron chi connectivity index (χ3n) is 3.96. The molecule has 1 N–H and O–H groups in total. The summed E-state index contributed by atoms with van der Waals surface area (Å²) in [5, 5.41) is 4.45. The van der Waals surface area contributed by atoms with Crippen LogP contribution in [0.25, 0.3) is 0 Å². The number of benzene rings is 2. The summed E-state index contributed by atoms with van der Waals surface area (Å²) in [5.41, 5.74) is 2.70. The molecule has 1 fully saturated rings. The van der Waals surface area contributed by atoms with E-state index in [9.17, 15) is 0 Å². The SMILES string of the molecule is Clc1cccc(CN2CCNC(Cc3ccccc3)C2)c1. The maximum atomic E-state index is 6.07. The van der Waals surface area contributed by atoms with Gasteiger partial charge in [0.05, 0.1) is 0 Å². The second-order valence-electron chi connectivity index (χ2n) is 5.71. The smallest absolute Gasteiger partial charge is 0.0409 e. The fraction of sp³-hybridized carbons (Fsp3) is 0.333. The fourth-order valence-electron chi connectivity index (χ4n) is 2.97. The maximum absolute atomic E-state index is 6.07. The summed E-state index contributed by atoms with van der Waals surface area (Å²) in [4.78, 5) is 2.51. The minimum atomic E-state index is 0.528. The first kappa shape index (κ1) is 14.6. The van der Waals surface area contributed by atoms with Crippen LogP contribution in [0.15, 0.2) is 54.6 Å². The highest BCUT2D eigenvalue weighted by Crippen LogP contribution is 2.14. The van der Waals surface area contributed by atoms with Gasteiger partial charge in [-0.25, -0.2) is 0 Å². The van der Waals surface area contributed by atoms with Crippen LogP contribution in [0.4, 0.5) is 0 Å². The Bertz CT molecular complexity index is 570. The number of piperazine rings is 1. The second-order valence-corrected chi connectivity index (χ2v) is 6.14. The Balaban J connectivity index is 1.58. The summed E-state index contributed by atoms with van der Waals surface area (Å²) >= 11 is 6.07. The summed E-state index contributed by atoms with van der Waals surface area (Å²) in [7, 11) is 0. The topological polar surface area (TPSA) is 15.3 Å². The molecule has 0 spiro atoms. The van der Waals surface area contributed by atoms with Gasteiger partial charge in [0.2, 0.25) is 0 Å². The van der Waals surface area contributed by atoms with Gasteiger partial charge >= 0.3 is 0 Å². The van der Waals surface area contributed by atoms with E-state index in [0.717, 1.165) is 37.6 Å². The van der Waals surface area contributed by atoms with E-state index in [2.05, 4.69) is 52.7 Å². The Morgan fingerprint density at radius 2 is 1.86 bits per heavy atom. The van der Waals surface area contributed by atoms with Gasteiger partial charge in [0.25, 0.3) is 0 Å². The molecular weight excluding hydrogens is 280 g/mol. The Labute approximate surface area is 131 Å². The second kappa shape index (κ2) is 7.08. The standard InChI is InChI=1S/C18H21ClN2/c19-17-8-4-7-16(11-17)13-21-10-9-20-18(14-21)12-15-5-2-1-3-6-15/h1-8,11,18,20H,9-10,12-14H2. The number of rotatable bonds is 4. The normalized spacial score (nSPS) is 19.6. The fourth-order valence-corrected chi connectivity index (χ4v) is 3.18. The van der Waals surface area contributed by atoms with Crippen LogP contribution < -0.4 is 5.32 Å². The summed E-state index contributed by atoms with van der Waals surface area (Å²) in [6.07, 6.45) is 1.09. The van der Waals surface area contributed by atoms with Crippen molar-refractivity contribution in [3.8, 4) is 0 Å². The van der Waals surface area contributed by atoms with E-state index < -0.39 is 0 Å². The molecular formula is C18H21ClN2. The van der Waals surface area contributed by atoms with Crippen LogP contribution >= 0.6 is 11.6 Å². The highest BCUT2D eigenvalue weighted by Gasteiger charge is 2.19.